The number of aliphatic hydroxyl groups excluding tert-OH is 1. The number of halogens is 1. The lowest BCUT2D eigenvalue weighted by molar-refractivity contribution is 0.290. The Balaban J connectivity index is 2.04. The lowest BCUT2D eigenvalue weighted by atomic mass is 10.2. The summed E-state index contributed by atoms with van der Waals surface area (Å²) in [5, 5.41) is 12.4. The van der Waals surface area contributed by atoms with Gasteiger partial charge in [-0.1, -0.05) is 11.6 Å². The van der Waals surface area contributed by atoms with E-state index in [-0.39, 0.29) is 6.61 Å². The molecular weight excluding hydrogens is 238 g/mol. The molecule has 3 nitrogen and oxygen atoms in total. The van der Waals surface area contributed by atoms with Gasteiger partial charge < -0.3 is 14.8 Å². The maximum Gasteiger partial charge on any atom is 0.134 e. The molecule has 0 fully saturated rings. The van der Waals surface area contributed by atoms with E-state index in [0.29, 0.717) is 18.1 Å². The second kappa shape index (κ2) is 5.87. The van der Waals surface area contributed by atoms with E-state index in [1.54, 1.807) is 0 Å². The largest absolute Gasteiger partial charge is 0.460 e. The summed E-state index contributed by atoms with van der Waals surface area (Å²) in [6, 6.07) is 11.4. The van der Waals surface area contributed by atoms with Gasteiger partial charge in [0.1, 0.15) is 11.5 Å². The van der Waals surface area contributed by atoms with Crippen LogP contribution >= 0.6 is 11.6 Å². The molecule has 0 atom stereocenters. The van der Waals surface area contributed by atoms with Gasteiger partial charge in [-0.05, 0) is 36.4 Å². The van der Waals surface area contributed by atoms with Gasteiger partial charge in [0, 0.05) is 17.1 Å². The van der Waals surface area contributed by atoms with E-state index in [1.807, 2.05) is 36.4 Å². The Morgan fingerprint density at radius 2 is 1.88 bits per heavy atom. The molecule has 2 aromatic rings. The first-order chi connectivity index (χ1) is 8.29. The Morgan fingerprint density at radius 1 is 1.12 bits per heavy atom. The molecule has 0 unspecified atom stereocenters. The van der Waals surface area contributed by atoms with E-state index in [0.717, 1.165) is 17.1 Å². The predicted octanol–water partition coefficient (Wildman–Crippen LogP) is 2.68. The van der Waals surface area contributed by atoms with Crippen molar-refractivity contribution in [2.24, 2.45) is 0 Å². The van der Waals surface area contributed by atoms with Crippen molar-refractivity contribution in [3.8, 4) is 11.3 Å². The smallest absolute Gasteiger partial charge is 0.134 e. The molecule has 4 heteroatoms. The number of furan rings is 1. The van der Waals surface area contributed by atoms with E-state index in [4.69, 9.17) is 21.1 Å². The van der Waals surface area contributed by atoms with Crippen molar-refractivity contribution < 1.29 is 9.52 Å². The zero-order chi connectivity index (χ0) is 12.1. The van der Waals surface area contributed by atoms with Gasteiger partial charge >= 0.3 is 0 Å². The van der Waals surface area contributed by atoms with Crippen LogP contribution in [0.25, 0.3) is 11.3 Å². The van der Waals surface area contributed by atoms with Crippen molar-refractivity contribution in [1.82, 2.24) is 5.32 Å². The highest BCUT2D eigenvalue weighted by atomic mass is 35.5. The highest BCUT2D eigenvalue weighted by Gasteiger charge is 2.04. The van der Waals surface area contributed by atoms with Crippen molar-refractivity contribution in [2.45, 2.75) is 6.54 Å². The van der Waals surface area contributed by atoms with Crippen LogP contribution < -0.4 is 5.32 Å². The summed E-state index contributed by atoms with van der Waals surface area (Å²) in [4.78, 5) is 0. The van der Waals surface area contributed by atoms with Gasteiger partial charge in [-0.15, -0.1) is 0 Å². The summed E-state index contributed by atoms with van der Waals surface area (Å²) in [6.45, 7) is 1.32. The average molecular weight is 252 g/mol. The quantitative estimate of drug-likeness (QED) is 0.803. The Hall–Kier alpha value is -1.29. The van der Waals surface area contributed by atoms with Crippen molar-refractivity contribution in [3.05, 3.63) is 47.2 Å². The third-order valence-electron chi connectivity index (χ3n) is 2.38. The van der Waals surface area contributed by atoms with Gasteiger partial charge in [-0.2, -0.15) is 0 Å². The van der Waals surface area contributed by atoms with E-state index < -0.39 is 0 Å². The minimum Gasteiger partial charge on any atom is -0.460 e. The van der Waals surface area contributed by atoms with Crippen molar-refractivity contribution in [2.75, 3.05) is 13.2 Å². The summed E-state index contributed by atoms with van der Waals surface area (Å²) in [5.74, 6) is 1.67. The van der Waals surface area contributed by atoms with Gasteiger partial charge in [0.25, 0.3) is 0 Å². The van der Waals surface area contributed by atoms with Crippen LogP contribution in [0.5, 0.6) is 0 Å². The van der Waals surface area contributed by atoms with Gasteiger partial charge in [0.2, 0.25) is 0 Å². The lowest BCUT2D eigenvalue weighted by Crippen LogP contribution is -2.16. The molecule has 0 amide bonds. The fraction of sp³-hybridized carbons (Fsp3) is 0.231. The Labute approximate surface area is 105 Å². The zero-order valence-corrected chi connectivity index (χ0v) is 10.1. The first-order valence-corrected chi connectivity index (χ1v) is 5.83. The van der Waals surface area contributed by atoms with Gasteiger partial charge in [-0.25, -0.2) is 0 Å². The molecule has 2 N–H and O–H groups in total. The molecule has 17 heavy (non-hydrogen) atoms. The van der Waals surface area contributed by atoms with E-state index >= 15 is 0 Å². The molecule has 0 aliphatic carbocycles. The van der Waals surface area contributed by atoms with E-state index in [1.165, 1.54) is 0 Å². The Morgan fingerprint density at radius 3 is 2.59 bits per heavy atom. The third-order valence-corrected chi connectivity index (χ3v) is 2.63. The summed E-state index contributed by atoms with van der Waals surface area (Å²) in [7, 11) is 0. The zero-order valence-electron chi connectivity index (χ0n) is 9.32. The van der Waals surface area contributed by atoms with Gasteiger partial charge in [-0.3, -0.25) is 0 Å². The highest BCUT2D eigenvalue weighted by molar-refractivity contribution is 6.30. The first kappa shape index (κ1) is 12.2. The standard InChI is InChI=1S/C13H14ClNO2/c14-11-3-1-10(2-4-11)13-6-5-12(17-13)9-15-7-8-16/h1-6,15-16H,7-9H2. The Bertz CT molecular complexity index is 465. The molecule has 0 saturated heterocycles. The number of benzene rings is 1. The summed E-state index contributed by atoms with van der Waals surface area (Å²) in [6.07, 6.45) is 0. The van der Waals surface area contributed by atoms with Crippen LogP contribution in [-0.4, -0.2) is 18.3 Å². The van der Waals surface area contributed by atoms with Crippen LogP contribution in [0, 0.1) is 0 Å². The van der Waals surface area contributed by atoms with Crippen molar-refractivity contribution >= 4 is 11.6 Å². The molecule has 0 spiro atoms. The van der Waals surface area contributed by atoms with E-state index in [9.17, 15) is 0 Å². The summed E-state index contributed by atoms with van der Waals surface area (Å²) < 4.78 is 5.67. The van der Waals surface area contributed by atoms with Crippen LogP contribution in [-0.2, 0) is 6.54 Å². The number of hydrogen-bond acceptors (Lipinski definition) is 3. The molecule has 0 radical (unpaired) electrons. The van der Waals surface area contributed by atoms with Crippen LogP contribution in [0.3, 0.4) is 0 Å². The second-order valence-electron chi connectivity index (χ2n) is 3.67. The molecule has 1 aromatic carbocycles. The minimum atomic E-state index is 0.130. The minimum absolute atomic E-state index is 0.130. The van der Waals surface area contributed by atoms with Crippen LogP contribution in [0.15, 0.2) is 40.8 Å². The molecule has 1 heterocycles. The number of hydrogen-bond donors (Lipinski definition) is 2. The topological polar surface area (TPSA) is 45.4 Å². The average Bonchev–Trinajstić information content (AvgIpc) is 2.79. The lowest BCUT2D eigenvalue weighted by Gasteiger charge is -1.99. The van der Waals surface area contributed by atoms with Gasteiger partial charge in [0.05, 0.1) is 13.2 Å². The molecular formula is C13H14ClNO2. The third kappa shape index (κ3) is 3.33. The number of nitrogens with one attached hydrogen (secondary N) is 1. The monoisotopic (exact) mass is 251 g/mol. The van der Waals surface area contributed by atoms with Crippen molar-refractivity contribution in [1.29, 1.82) is 0 Å². The summed E-state index contributed by atoms with van der Waals surface area (Å²) in [5.41, 5.74) is 1.00. The maximum absolute atomic E-state index is 8.65. The molecule has 0 saturated carbocycles. The second-order valence-corrected chi connectivity index (χ2v) is 4.11. The van der Waals surface area contributed by atoms with Crippen LogP contribution in [0.1, 0.15) is 5.76 Å². The Kier molecular flexibility index (Phi) is 4.20. The molecule has 0 bridgehead atoms. The maximum atomic E-state index is 8.65. The molecule has 2 rings (SSSR count). The number of aliphatic hydroxyl groups is 1. The van der Waals surface area contributed by atoms with Crippen LogP contribution in [0.2, 0.25) is 5.02 Å². The fourth-order valence-electron chi connectivity index (χ4n) is 1.53. The molecule has 90 valence electrons. The summed E-state index contributed by atoms with van der Waals surface area (Å²) >= 11 is 5.82. The van der Waals surface area contributed by atoms with E-state index in [2.05, 4.69) is 5.32 Å². The molecule has 0 aliphatic rings. The first-order valence-electron chi connectivity index (χ1n) is 5.46. The van der Waals surface area contributed by atoms with Crippen molar-refractivity contribution in [3.63, 3.8) is 0 Å². The number of rotatable bonds is 5. The van der Waals surface area contributed by atoms with Crippen LogP contribution in [0.4, 0.5) is 0 Å². The predicted molar refractivity (Wildman–Crippen MR) is 67.9 cm³/mol. The SMILES string of the molecule is OCCNCc1ccc(-c2ccc(Cl)cc2)o1. The van der Waals surface area contributed by atoms with Gasteiger partial charge in [0.15, 0.2) is 0 Å². The highest BCUT2D eigenvalue weighted by Crippen LogP contribution is 2.23. The molecule has 0 aliphatic heterocycles. The fourth-order valence-corrected chi connectivity index (χ4v) is 1.66. The normalized spacial score (nSPS) is 10.7. The molecule has 1 aromatic heterocycles.